The molecular formula is C24H18BrClN2O2. The number of rotatable bonds is 5. The first-order valence-electron chi connectivity index (χ1n) is 9.35. The van der Waals surface area contributed by atoms with Crippen LogP contribution in [0.1, 0.15) is 18.1 Å². The topological polar surface area (TPSA) is 41.9 Å². The van der Waals surface area contributed by atoms with E-state index < -0.39 is 0 Å². The second-order valence-corrected chi connectivity index (χ2v) is 8.15. The number of hydrogen-bond acceptors (Lipinski definition) is 3. The predicted octanol–water partition coefficient (Wildman–Crippen LogP) is 6.49. The van der Waals surface area contributed by atoms with E-state index in [9.17, 15) is 4.79 Å². The number of benzene rings is 3. The Morgan fingerprint density at radius 3 is 2.53 bits per heavy atom. The molecule has 150 valence electrons. The summed E-state index contributed by atoms with van der Waals surface area (Å²) >= 11 is 9.45. The lowest BCUT2D eigenvalue weighted by Gasteiger charge is -2.12. The van der Waals surface area contributed by atoms with Crippen LogP contribution in [0.5, 0.6) is 5.75 Å². The van der Waals surface area contributed by atoms with E-state index in [-0.39, 0.29) is 5.91 Å². The normalized spacial score (nSPS) is 14.9. The molecular weight excluding hydrogens is 464 g/mol. The van der Waals surface area contributed by atoms with Crippen LogP contribution in [0.4, 0.5) is 5.69 Å². The van der Waals surface area contributed by atoms with Gasteiger partial charge in [0, 0.05) is 15.1 Å². The van der Waals surface area contributed by atoms with Crippen molar-refractivity contribution in [3.05, 3.63) is 99.0 Å². The van der Waals surface area contributed by atoms with Crippen LogP contribution in [0, 0.1) is 0 Å². The van der Waals surface area contributed by atoms with Crippen LogP contribution in [0.15, 0.2) is 87.9 Å². The molecule has 0 unspecified atom stereocenters. The molecule has 0 saturated heterocycles. The van der Waals surface area contributed by atoms with Gasteiger partial charge in [-0.25, -0.2) is 0 Å². The number of carbonyl (C=O) groups excluding carboxylic acids is 1. The average Bonchev–Trinajstić information content (AvgIpc) is 3.03. The number of para-hydroxylation sites is 1. The van der Waals surface area contributed by atoms with Crippen molar-refractivity contribution < 1.29 is 9.53 Å². The van der Waals surface area contributed by atoms with Crippen LogP contribution in [-0.2, 0) is 11.4 Å². The Hall–Kier alpha value is -2.89. The molecule has 0 saturated carbocycles. The van der Waals surface area contributed by atoms with Crippen molar-refractivity contribution in [3.8, 4) is 5.75 Å². The van der Waals surface area contributed by atoms with Gasteiger partial charge in [0.15, 0.2) is 0 Å². The maximum Gasteiger partial charge on any atom is 0.280 e. The molecule has 1 aliphatic rings. The number of amides is 1. The zero-order chi connectivity index (χ0) is 21.1. The third kappa shape index (κ3) is 4.48. The smallest absolute Gasteiger partial charge is 0.280 e. The molecule has 4 rings (SSSR count). The Morgan fingerprint density at radius 1 is 1.07 bits per heavy atom. The first-order valence-corrected chi connectivity index (χ1v) is 10.5. The second-order valence-electron chi connectivity index (χ2n) is 6.79. The van der Waals surface area contributed by atoms with E-state index in [2.05, 4.69) is 21.0 Å². The number of ether oxygens (including phenoxy) is 1. The van der Waals surface area contributed by atoms with Gasteiger partial charge in [0.2, 0.25) is 0 Å². The quantitative estimate of drug-likeness (QED) is 0.391. The standard InChI is InChI=1S/C24H18BrClN2O2/c1-16-22(24(29)28(27-16)21-5-3-2-4-6-21)14-18-13-19(25)9-12-23(18)30-15-17-7-10-20(26)11-8-17/h2-14H,15H2,1H3/b22-14+. The van der Waals surface area contributed by atoms with Gasteiger partial charge in [0.25, 0.3) is 5.91 Å². The molecule has 1 heterocycles. The summed E-state index contributed by atoms with van der Waals surface area (Å²) in [6, 6.07) is 22.6. The minimum Gasteiger partial charge on any atom is -0.488 e. The van der Waals surface area contributed by atoms with Crippen LogP contribution in [0.2, 0.25) is 5.02 Å². The minimum absolute atomic E-state index is 0.165. The molecule has 4 nitrogen and oxygen atoms in total. The Morgan fingerprint density at radius 2 is 1.80 bits per heavy atom. The molecule has 3 aromatic carbocycles. The van der Waals surface area contributed by atoms with E-state index >= 15 is 0 Å². The molecule has 3 aromatic rings. The van der Waals surface area contributed by atoms with Crippen LogP contribution in [0.3, 0.4) is 0 Å². The fourth-order valence-corrected chi connectivity index (χ4v) is 3.59. The van der Waals surface area contributed by atoms with Crippen molar-refractivity contribution in [1.29, 1.82) is 0 Å². The van der Waals surface area contributed by atoms with Gasteiger partial charge in [-0.15, -0.1) is 0 Å². The monoisotopic (exact) mass is 480 g/mol. The Labute approximate surface area is 188 Å². The van der Waals surface area contributed by atoms with Gasteiger partial charge in [-0.05, 0) is 61.0 Å². The minimum atomic E-state index is -0.165. The molecule has 0 bridgehead atoms. The highest BCUT2D eigenvalue weighted by molar-refractivity contribution is 9.10. The fourth-order valence-electron chi connectivity index (χ4n) is 3.09. The molecule has 0 aliphatic carbocycles. The van der Waals surface area contributed by atoms with E-state index in [0.717, 1.165) is 21.3 Å². The molecule has 0 radical (unpaired) electrons. The van der Waals surface area contributed by atoms with Gasteiger partial charge in [0.1, 0.15) is 12.4 Å². The Bertz CT molecular complexity index is 1140. The Balaban J connectivity index is 1.61. The van der Waals surface area contributed by atoms with Crippen molar-refractivity contribution in [3.63, 3.8) is 0 Å². The van der Waals surface area contributed by atoms with E-state index in [4.69, 9.17) is 16.3 Å². The lowest BCUT2D eigenvalue weighted by atomic mass is 10.1. The van der Waals surface area contributed by atoms with E-state index in [1.165, 1.54) is 5.01 Å². The summed E-state index contributed by atoms with van der Waals surface area (Å²) in [6.45, 7) is 2.23. The van der Waals surface area contributed by atoms with Crippen molar-refractivity contribution in [1.82, 2.24) is 0 Å². The predicted molar refractivity (Wildman–Crippen MR) is 125 cm³/mol. The zero-order valence-corrected chi connectivity index (χ0v) is 18.5. The molecule has 6 heteroatoms. The first-order chi connectivity index (χ1) is 14.5. The molecule has 1 aliphatic heterocycles. The van der Waals surface area contributed by atoms with E-state index in [1.54, 1.807) is 0 Å². The van der Waals surface area contributed by atoms with Gasteiger partial charge in [-0.1, -0.05) is 57.9 Å². The molecule has 0 aromatic heterocycles. The number of halogens is 2. The maximum absolute atomic E-state index is 13.0. The van der Waals surface area contributed by atoms with Crippen molar-refractivity contribution in [2.75, 3.05) is 5.01 Å². The molecule has 0 N–H and O–H groups in total. The summed E-state index contributed by atoms with van der Waals surface area (Å²) in [6.07, 6.45) is 1.83. The highest BCUT2D eigenvalue weighted by Gasteiger charge is 2.28. The van der Waals surface area contributed by atoms with Crippen LogP contribution < -0.4 is 9.75 Å². The molecule has 30 heavy (non-hydrogen) atoms. The van der Waals surface area contributed by atoms with Gasteiger partial charge in [-0.3, -0.25) is 4.79 Å². The summed E-state index contributed by atoms with van der Waals surface area (Å²) in [5.74, 6) is 0.515. The zero-order valence-electron chi connectivity index (χ0n) is 16.2. The lowest BCUT2D eigenvalue weighted by Crippen LogP contribution is -2.21. The number of anilines is 1. The average molecular weight is 482 g/mol. The van der Waals surface area contributed by atoms with Crippen LogP contribution >= 0.6 is 27.5 Å². The van der Waals surface area contributed by atoms with Crippen LogP contribution in [-0.4, -0.2) is 11.6 Å². The summed E-state index contributed by atoms with van der Waals surface area (Å²) in [4.78, 5) is 13.0. The first kappa shape index (κ1) is 20.4. The molecule has 0 atom stereocenters. The Kier molecular flexibility index (Phi) is 6.02. The largest absolute Gasteiger partial charge is 0.488 e. The van der Waals surface area contributed by atoms with Crippen molar-refractivity contribution in [2.24, 2.45) is 5.10 Å². The van der Waals surface area contributed by atoms with Gasteiger partial charge in [-0.2, -0.15) is 10.1 Å². The van der Waals surface area contributed by atoms with Gasteiger partial charge >= 0.3 is 0 Å². The highest BCUT2D eigenvalue weighted by atomic mass is 79.9. The van der Waals surface area contributed by atoms with Crippen molar-refractivity contribution >= 4 is 50.9 Å². The SMILES string of the molecule is CC1=NN(c2ccccc2)C(=O)/C1=C/c1cc(Br)ccc1OCc1ccc(Cl)cc1. The van der Waals surface area contributed by atoms with Gasteiger partial charge in [0.05, 0.1) is 17.0 Å². The van der Waals surface area contributed by atoms with Gasteiger partial charge < -0.3 is 4.74 Å². The number of hydrogen-bond donors (Lipinski definition) is 0. The number of nitrogens with zero attached hydrogens (tertiary/aromatic N) is 2. The molecule has 0 spiro atoms. The summed E-state index contributed by atoms with van der Waals surface area (Å²) in [5.41, 5.74) is 3.73. The van der Waals surface area contributed by atoms with E-state index in [0.29, 0.717) is 28.7 Å². The maximum atomic E-state index is 13.0. The van der Waals surface area contributed by atoms with Crippen LogP contribution in [0.25, 0.3) is 6.08 Å². The number of hydrazone groups is 1. The van der Waals surface area contributed by atoms with E-state index in [1.807, 2.05) is 85.8 Å². The fraction of sp³-hybridized carbons (Fsp3) is 0.0833. The molecule has 1 amide bonds. The summed E-state index contributed by atoms with van der Waals surface area (Å²) < 4.78 is 6.93. The third-order valence-electron chi connectivity index (χ3n) is 4.64. The molecule has 0 fully saturated rings. The van der Waals surface area contributed by atoms with Crippen molar-refractivity contribution in [2.45, 2.75) is 13.5 Å². The highest BCUT2D eigenvalue weighted by Crippen LogP contribution is 2.30. The number of carbonyl (C=O) groups is 1. The third-order valence-corrected chi connectivity index (χ3v) is 5.39. The summed E-state index contributed by atoms with van der Waals surface area (Å²) in [7, 11) is 0. The lowest BCUT2D eigenvalue weighted by molar-refractivity contribution is -0.114. The second kappa shape index (κ2) is 8.86. The summed E-state index contributed by atoms with van der Waals surface area (Å²) in [5, 5.41) is 6.55.